The van der Waals surface area contributed by atoms with Crippen molar-refractivity contribution in [1.29, 1.82) is 0 Å². The van der Waals surface area contributed by atoms with Crippen LogP contribution in [0.4, 0.5) is 5.82 Å². The van der Waals surface area contributed by atoms with Crippen LogP contribution in [0.1, 0.15) is 30.2 Å². The monoisotopic (exact) mass is 366 g/mol. The number of anilines is 1. The molecule has 0 unspecified atom stereocenters. The number of amides is 1. The van der Waals surface area contributed by atoms with Gasteiger partial charge in [0.25, 0.3) is 0 Å². The van der Waals surface area contributed by atoms with Crippen LogP contribution < -0.4 is 10.6 Å². The number of fused-ring (bicyclic) bond motifs is 1. The molecular weight excluding hydrogens is 344 g/mol. The molecule has 4 rings (SSSR count). The largest absolute Gasteiger partial charge is 0.364 e. The fourth-order valence-electron chi connectivity index (χ4n) is 3.38. The molecule has 1 aliphatic heterocycles. The van der Waals surface area contributed by atoms with Gasteiger partial charge in [0.2, 0.25) is 5.91 Å². The number of benzene rings is 1. The number of carbonyl (C=O) groups excluding carboxylic acids is 1. The highest BCUT2D eigenvalue weighted by molar-refractivity contribution is 5.83. The molecule has 1 saturated heterocycles. The molecule has 27 heavy (non-hydrogen) atoms. The quantitative estimate of drug-likeness (QED) is 0.719. The van der Waals surface area contributed by atoms with Crippen molar-refractivity contribution in [2.45, 2.75) is 38.6 Å². The van der Waals surface area contributed by atoms with E-state index in [0.717, 1.165) is 6.42 Å². The lowest BCUT2D eigenvalue weighted by atomic mass is 10.1. The second-order valence-corrected chi connectivity index (χ2v) is 6.66. The fraction of sp³-hybridized carbons (Fsp3) is 0.368. The second kappa shape index (κ2) is 7.32. The third-order valence-corrected chi connectivity index (χ3v) is 4.75. The molecule has 8 heteroatoms. The summed E-state index contributed by atoms with van der Waals surface area (Å²) in [7, 11) is 1.62. The molecule has 0 saturated carbocycles. The zero-order valence-electron chi connectivity index (χ0n) is 15.3. The number of imidazole rings is 1. The first kappa shape index (κ1) is 17.4. The molecule has 2 atom stereocenters. The maximum Gasteiger partial charge on any atom is 0.248 e. The van der Waals surface area contributed by atoms with Gasteiger partial charge in [-0.15, -0.1) is 0 Å². The number of rotatable bonds is 5. The smallest absolute Gasteiger partial charge is 0.248 e. The summed E-state index contributed by atoms with van der Waals surface area (Å²) in [6, 6.07) is 8.32. The van der Waals surface area contributed by atoms with E-state index in [1.165, 1.54) is 17.5 Å². The summed E-state index contributed by atoms with van der Waals surface area (Å²) in [5, 5.41) is 5.97. The van der Waals surface area contributed by atoms with Crippen LogP contribution in [0.3, 0.4) is 0 Å². The van der Waals surface area contributed by atoms with Crippen molar-refractivity contribution in [3.8, 4) is 0 Å². The third-order valence-electron chi connectivity index (χ3n) is 4.75. The molecule has 1 aromatic carbocycles. The molecule has 140 valence electrons. The van der Waals surface area contributed by atoms with E-state index in [9.17, 15) is 4.79 Å². The summed E-state index contributed by atoms with van der Waals surface area (Å²) in [5.41, 5.74) is 3.78. The predicted octanol–water partition coefficient (Wildman–Crippen LogP) is 2.17. The zero-order valence-corrected chi connectivity index (χ0v) is 15.3. The van der Waals surface area contributed by atoms with Crippen molar-refractivity contribution >= 4 is 22.9 Å². The first-order valence-electron chi connectivity index (χ1n) is 8.99. The minimum absolute atomic E-state index is 0.0999. The average molecular weight is 366 g/mol. The van der Waals surface area contributed by atoms with Gasteiger partial charge in [-0.1, -0.05) is 29.8 Å². The van der Waals surface area contributed by atoms with Crippen LogP contribution >= 0.6 is 0 Å². The maximum atomic E-state index is 11.8. The highest BCUT2D eigenvalue weighted by Crippen LogP contribution is 2.31. The summed E-state index contributed by atoms with van der Waals surface area (Å²) < 4.78 is 7.75. The molecule has 0 bridgehead atoms. The van der Waals surface area contributed by atoms with Gasteiger partial charge in [0.15, 0.2) is 17.0 Å². The number of hydrogen-bond acceptors (Lipinski definition) is 6. The van der Waals surface area contributed by atoms with Crippen molar-refractivity contribution in [3.05, 3.63) is 48.0 Å². The van der Waals surface area contributed by atoms with Crippen molar-refractivity contribution in [2.24, 2.45) is 0 Å². The van der Waals surface area contributed by atoms with Gasteiger partial charge in [-0.2, -0.15) is 0 Å². The average Bonchev–Trinajstić information content (AvgIpc) is 3.33. The molecule has 2 N–H and O–H groups in total. The SMILES string of the molecule is CNC(=O)[C@@H]1CC[C@H](n2cnc3c(NCc4cccc(C)c4)ncnc32)O1. The fourth-order valence-corrected chi connectivity index (χ4v) is 3.38. The van der Waals surface area contributed by atoms with E-state index < -0.39 is 6.10 Å². The first-order valence-corrected chi connectivity index (χ1v) is 8.99. The Hall–Kier alpha value is -3.00. The number of nitrogens with zero attached hydrogens (tertiary/aromatic N) is 4. The highest BCUT2D eigenvalue weighted by atomic mass is 16.5. The summed E-state index contributed by atoms with van der Waals surface area (Å²) in [5.74, 6) is 0.582. The van der Waals surface area contributed by atoms with Crippen molar-refractivity contribution in [3.63, 3.8) is 0 Å². The van der Waals surface area contributed by atoms with Gasteiger partial charge < -0.3 is 15.4 Å². The number of nitrogens with one attached hydrogen (secondary N) is 2. The topological polar surface area (TPSA) is 94.0 Å². The Balaban J connectivity index is 1.54. The van der Waals surface area contributed by atoms with Gasteiger partial charge in [0.05, 0.1) is 6.33 Å². The molecule has 0 spiro atoms. The molecule has 2 aromatic heterocycles. The van der Waals surface area contributed by atoms with Gasteiger partial charge >= 0.3 is 0 Å². The van der Waals surface area contributed by atoms with E-state index in [1.807, 2.05) is 10.6 Å². The number of hydrogen-bond donors (Lipinski definition) is 2. The van der Waals surface area contributed by atoms with Crippen LogP contribution in [0.2, 0.25) is 0 Å². The molecule has 3 heterocycles. The van der Waals surface area contributed by atoms with Gasteiger partial charge in [-0.25, -0.2) is 15.0 Å². The Labute approximate surface area is 157 Å². The lowest BCUT2D eigenvalue weighted by Crippen LogP contribution is -2.31. The summed E-state index contributed by atoms with van der Waals surface area (Å²) >= 11 is 0. The van der Waals surface area contributed by atoms with Crippen molar-refractivity contribution in [1.82, 2.24) is 24.8 Å². The van der Waals surface area contributed by atoms with E-state index >= 15 is 0 Å². The third kappa shape index (κ3) is 3.48. The molecule has 0 aliphatic carbocycles. The van der Waals surface area contributed by atoms with Crippen LogP contribution in [0.15, 0.2) is 36.9 Å². The Morgan fingerprint density at radius 1 is 1.30 bits per heavy atom. The van der Waals surface area contributed by atoms with Gasteiger partial charge in [0.1, 0.15) is 18.7 Å². The summed E-state index contributed by atoms with van der Waals surface area (Å²) in [6.07, 6.45) is 3.95. The summed E-state index contributed by atoms with van der Waals surface area (Å²) in [4.78, 5) is 25.0. The predicted molar refractivity (Wildman–Crippen MR) is 101 cm³/mol. The molecule has 1 aliphatic rings. The minimum Gasteiger partial charge on any atom is -0.364 e. The normalized spacial score (nSPS) is 19.3. The molecule has 3 aromatic rings. The maximum absolute atomic E-state index is 11.8. The molecule has 1 amide bonds. The molecule has 0 radical (unpaired) electrons. The van der Waals surface area contributed by atoms with Gasteiger partial charge in [-0.3, -0.25) is 9.36 Å². The number of aromatic nitrogens is 4. The molecule has 1 fully saturated rings. The van der Waals surface area contributed by atoms with Crippen LogP contribution in [0.25, 0.3) is 11.2 Å². The van der Waals surface area contributed by atoms with E-state index in [1.54, 1.807) is 13.4 Å². The number of likely N-dealkylation sites (N-methyl/N-ethyl adjacent to an activating group) is 1. The first-order chi connectivity index (χ1) is 13.2. The Morgan fingerprint density at radius 2 is 2.19 bits per heavy atom. The van der Waals surface area contributed by atoms with Crippen LogP contribution in [-0.4, -0.2) is 38.6 Å². The minimum atomic E-state index is -0.432. The highest BCUT2D eigenvalue weighted by Gasteiger charge is 2.32. The summed E-state index contributed by atoms with van der Waals surface area (Å²) in [6.45, 7) is 2.72. The molecule has 8 nitrogen and oxygen atoms in total. The lowest BCUT2D eigenvalue weighted by Gasteiger charge is -2.14. The van der Waals surface area contributed by atoms with Crippen molar-refractivity contribution in [2.75, 3.05) is 12.4 Å². The Kier molecular flexibility index (Phi) is 4.72. The number of carbonyl (C=O) groups is 1. The number of ether oxygens (including phenoxy) is 1. The molecular formula is C19H22N6O2. The van der Waals surface area contributed by atoms with E-state index in [0.29, 0.717) is 29.9 Å². The van der Waals surface area contributed by atoms with E-state index in [2.05, 4.69) is 50.7 Å². The van der Waals surface area contributed by atoms with E-state index in [4.69, 9.17) is 4.74 Å². The van der Waals surface area contributed by atoms with Gasteiger partial charge in [0, 0.05) is 13.6 Å². The standard InChI is InChI=1S/C19H22N6O2/c1-12-4-3-5-13(8-12)9-21-17-16-18(23-10-22-17)25(11-24-16)15-7-6-14(27-15)19(26)20-2/h3-5,8,10-11,14-15H,6-7,9H2,1-2H3,(H,20,26)(H,21,22,23)/t14-,15+/m0/s1. The van der Waals surface area contributed by atoms with Crippen LogP contribution in [0, 0.1) is 6.92 Å². The Morgan fingerprint density at radius 3 is 3.00 bits per heavy atom. The van der Waals surface area contributed by atoms with Crippen LogP contribution in [0.5, 0.6) is 0 Å². The Bertz CT molecular complexity index is 970. The number of aryl methyl sites for hydroxylation is 1. The zero-order chi connectivity index (χ0) is 18.8. The lowest BCUT2D eigenvalue weighted by molar-refractivity contribution is -0.133. The van der Waals surface area contributed by atoms with Crippen molar-refractivity contribution < 1.29 is 9.53 Å². The van der Waals surface area contributed by atoms with E-state index in [-0.39, 0.29) is 12.1 Å². The second-order valence-electron chi connectivity index (χ2n) is 6.66. The van der Waals surface area contributed by atoms with Crippen LogP contribution in [-0.2, 0) is 16.1 Å². The van der Waals surface area contributed by atoms with Gasteiger partial charge in [-0.05, 0) is 25.3 Å².